The quantitative estimate of drug-likeness (QED) is 0.378. The number of thioether (sulfide) groups is 1. The first-order valence-corrected chi connectivity index (χ1v) is 12.0. The first-order valence-electron chi connectivity index (χ1n) is 9.33. The molecule has 148 valence electrons. The molecule has 0 aromatic heterocycles. The summed E-state index contributed by atoms with van der Waals surface area (Å²) >= 11 is 1.84. The van der Waals surface area contributed by atoms with E-state index in [2.05, 4.69) is 19.1 Å². The summed E-state index contributed by atoms with van der Waals surface area (Å²) < 4.78 is 30.0. The highest BCUT2D eigenvalue weighted by molar-refractivity contribution is 7.99. The average Bonchev–Trinajstić information content (AvgIpc) is 2.84. The van der Waals surface area contributed by atoms with Crippen molar-refractivity contribution in [3.8, 4) is 11.1 Å². The molecule has 1 aliphatic rings. The Morgan fingerprint density at radius 3 is 2.50 bits per heavy atom. The van der Waals surface area contributed by atoms with Crippen LogP contribution in [0, 0.1) is 0 Å². The fourth-order valence-electron chi connectivity index (χ4n) is 3.11. The molecular weight excluding hydrogens is 392 g/mol. The highest BCUT2D eigenvalue weighted by Crippen LogP contribution is 2.32. The predicted molar refractivity (Wildman–Crippen MR) is 114 cm³/mol. The third-order valence-electron chi connectivity index (χ3n) is 4.72. The molecule has 0 radical (unpaired) electrons. The third-order valence-corrected chi connectivity index (χ3v) is 7.60. The van der Waals surface area contributed by atoms with E-state index in [0.717, 1.165) is 16.9 Å². The minimum absolute atomic E-state index is 0.0933. The molecule has 0 aliphatic carbocycles. The molecule has 0 spiro atoms. The Morgan fingerprint density at radius 1 is 1.11 bits per heavy atom. The van der Waals surface area contributed by atoms with Crippen LogP contribution in [0.5, 0.6) is 0 Å². The van der Waals surface area contributed by atoms with Gasteiger partial charge in [0.1, 0.15) is 0 Å². The van der Waals surface area contributed by atoms with Gasteiger partial charge in [0.15, 0.2) is 9.84 Å². The molecule has 28 heavy (non-hydrogen) atoms. The Balaban J connectivity index is 1.95. The topological polar surface area (TPSA) is 60.4 Å². The number of hydrogen-bond donors (Lipinski definition) is 0. The highest BCUT2D eigenvalue weighted by Gasteiger charge is 2.25. The van der Waals surface area contributed by atoms with Crippen molar-refractivity contribution < 1.29 is 17.9 Å². The largest absolute Gasteiger partial charge is 0.466 e. The summed E-state index contributed by atoms with van der Waals surface area (Å²) in [5.41, 5.74) is 2.85. The van der Waals surface area contributed by atoms with Gasteiger partial charge in [-0.2, -0.15) is 0 Å². The maximum absolute atomic E-state index is 12.6. The maximum atomic E-state index is 12.6. The van der Waals surface area contributed by atoms with E-state index in [4.69, 9.17) is 4.74 Å². The van der Waals surface area contributed by atoms with Crippen molar-refractivity contribution in [1.29, 1.82) is 0 Å². The molecule has 4 nitrogen and oxygen atoms in total. The van der Waals surface area contributed by atoms with Gasteiger partial charge in [-0.3, -0.25) is 0 Å². The number of esters is 1. The molecule has 3 rings (SSSR count). The van der Waals surface area contributed by atoms with Crippen molar-refractivity contribution in [3.63, 3.8) is 0 Å². The molecule has 0 N–H and O–H groups in total. The molecule has 0 saturated heterocycles. The summed E-state index contributed by atoms with van der Waals surface area (Å²) in [5, 5.41) is 0. The van der Waals surface area contributed by atoms with Crippen LogP contribution >= 0.6 is 11.8 Å². The van der Waals surface area contributed by atoms with Gasteiger partial charge in [-0.05, 0) is 65.6 Å². The van der Waals surface area contributed by atoms with Crippen LogP contribution in [0.25, 0.3) is 17.2 Å². The Morgan fingerprint density at radius 2 is 1.82 bits per heavy atom. The standard InChI is InChI=1S/C22H24O4S2/c1-3-4-12-27-20-8-5-16(6-9-20)17-7-10-21-19(14-17)15-18(22(23)26-2)11-13-28(21,24)25/h5-10,14-15H,3-4,11-13H2,1-2H3. The van der Waals surface area contributed by atoms with E-state index < -0.39 is 15.8 Å². The van der Waals surface area contributed by atoms with Crippen LogP contribution in [0.15, 0.2) is 57.8 Å². The van der Waals surface area contributed by atoms with Crippen LogP contribution in [0.4, 0.5) is 0 Å². The fraction of sp³-hybridized carbons (Fsp3) is 0.318. The average molecular weight is 417 g/mol. The molecule has 0 amide bonds. The van der Waals surface area contributed by atoms with Crippen molar-refractivity contribution in [3.05, 3.63) is 53.6 Å². The van der Waals surface area contributed by atoms with Crippen LogP contribution < -0.4 is 0 Å². The van der Waals surface area contributed by atoms with Crippen molar-refractivity contribution >= 4 is 33.6 Å². The number of benzene rings is 2. The third kappa shape index (κ3) is 4.67. The second-order valence-corrected chi connectivity index (χ2v) is 9.95. The molecular formula is C22H24O4S2. The summed E-state index contributed by atoms with van der Waals surface area (Å²) in [5.74, 6) is 0.527. The number of carbonyl (C=O) groups is 1. The lowest BCUT2D eigenvalue weighted by Crippen LogP contribution is -2.09. The van der Waals surface area contributed by atoms with Gasteiger partial charge in [-0.1, -0.05) is 31.5 Å². The molecule has 0 fully saturated rings. The molecule has 0 saturated carbocycles. The fourth-order valence-corrected chi connectivity index (χ4v) is 5.57. The SMILES string of the molecule is CCCCSc1ccc(-c2ccc3c(c2)C=C(C(=O)OC)CCS3(=O)=O)cc1. The lowest BCUT2D eigenvalue weighted by atomic mass is 10.0. The second-order valence-electron chi connectivity index (χ2n) is 6.71. The first-order chi connectivity index (χ1) is 13.4. The van der Waals surface area contributed by atoms with Gasteiger partial charge in [-0.15, -0.1) is 11.8 Å². The summed E-state index contributed by atoms with van der Waals surface area (Å²) in [4.78, 5) is 13.4. The van der Waals surface area contributed by atoms with Crippen molar-refractivity contribution in [1.82, 2.24) is 0 Å². The summed E-state index contributed by atoms with van der Waals surface area (Å²) in [6.45, 7) is 2.18. The van der Waals surface area contributed by atoms with Crippen molar-refractivity contribution in [2.45, 2.75) is 36.0 Å². The van der Waals surface area contributed by atoms with Crippen molar-refractivity contribution in [2.24, 2.45) is 0 Å². The van der Waals surface area contributed by atoms with Crippen LogP contribution in [0.3, 0.4) is 0 Å². The molecule has 1 heterocycles. The molecule has 2 aromatic rings. The number of unbranched alkanes of at least 4 members (excludes halogenated alkanes) is 1. The van der Waals surface area contributed by atoms with Crippen LogP contribution in [-0.2, 0) is 19.4 Å². The number of methoxy groups -OCH3 is 1. The van der Waals surface area contributed by atoms with Crippen LogP contribution in [0.1, 0.15) is 31.7 Å². The van der Waals surface area contributed by atoms with Gasteiger partial charge in [0, 0.05) is 10.5 Å². The molecule has 6 heteroatoms. The minimum Gasteiger partial charge on any atom is -0.466 e. The van der Waals surface area contributed by atoms with E-state index in [9.17, 15) is 13.2 Å². The van der Waals surface area contributed by atoms with Gasteiger partial charge in [-0.25, -0.2) is 13.2 Å². The minimum atomic E-state index is -3.43. The number of ether oxygens (including phenoxy) is 1. The van der Waals surface area contributed by atoms with E-state index in [1.165, 1.54) is 24.8 Å². The molecule has 0 unspecified atom stereocenters. The zero-order valence-corrected chi connectivity index (χ0v) is 17.7. The zero-order chi connectivity index (χ0) is 20.1. The second kappa shape index (κ2) is 8.97. The van der Waals surface area contributed by atoms with Crippen molar-refractivity contribution in [2.75, 3.05) is 18.6 Å². The maximum Gasteiger partial charge on any atom is 0.333 e. The highest BCUT2D eigenvalue weighted by atomic mass is 32.2. The number of carbonyl (C=O) groups excluding carboxylic acids is 1. The van der Waals surface area contributed by atoms with Gasteiger partial charge in [0.2, 0.25) is 0 Å². The summed E-state index contributed by atoms with van der Waals surface area (Å²) in [6.07, 6.45) is 4.18. The summed E-state index contributed by atoms with van der Waals surface area (Å²) in [6, 6.07) is 13.6. The lowest BCUT2D eigenvalue weighted by molar-refractivity contribution is -0.136. The first kappa shape index (κ1) is 20.7. The number of hydrogen-bond acceptors (Lipinski definition) is 5. The normalized spacial score (nSPS) is 15.3. The Labute approximate surface area is 170 Å². The van der Waals surface area contributed by atoms with Gasteiger partial charge in [0.25, 0.3) is 0 Å². The number of rotatable bonds is 6. The van der Waals surface area contributed by atoms with E-state index in [1.807, 2.05) is 36.0 Å². The zero-order valence-electron chi connectivity index (χ0n) is 16.1. The summed E-state index contributed by atoms with van der Waals surface area (Å²) in [7, 11) is -2.13. The molecule has 0 atom stereocenters. The molecule has 2 aromatic carbocycles. The van der Waals surface area contributed by atoms with E-state index in [-0.39, 0.29) is 17.1 Å². The number of sulfone groups is 1. The van der Waals surface area contributed by atoms with Gasteiger partial charge >= 0.3 is 5.97 Å². The van der Waals surface area contributed by atoms with E-state index in [0.29, 0.717) is 11.1 Å². The number of fused-ring (bicyclic) bond motifs is 1. The van der Waals surface area contributed by atoms with Gasteiger partial charge in [0.05, 0.1) is 17.8 Å². The molecule has 1 aliphatic heterocycles. The van der Waals surface area contributed by atoms with E-state index in [1.54, 1.807) is 12.1 Å². The van der Waals surface area contributed by atoms with Crippen LogP contribution in [-0.4, -0.2) is 33.0 Å². The van der Waals surface area contributed by atoms with Gasteiger partial charge < -0.3 is 4.74 Å². The smallest absolute Gasteiger partial charge is 0.333 e. The van der Waals surface area contributed by atoms with Crippen LogP contribution in [0.2, 0.25) is 0 Å². The van der Waals surface area contributed by atoms with E-state index >= 15 is 0 Å². The monoisotopic (exact) mass is 416 g/mol. The predicted octanol–water partition coefficient (Wildman–Crippen LogP) is 4.98. The Hall–Kier alpha value is -2.05. The Kier molecular flexibility index (Phi) is 6.62. The molecule has 0 bridgehead atoms. The Bertz CT molecular complexity index is 990. The lowest BCUT2D eigenvalue weighted by Gasteiger charge is -2.09.